The number of anilines is 1. The summed E-state index contributed by atoms with van der Waals surface area (Å²) in [7, 11) is -1.89. The molecule has 10 heteroatoms. The third-order valence-corrected chi connectivity index (χ3v) is 7.55. The Kier molecular flexibility index (Phi) is 6.50. The summed E-state index contributed by atoms with van der Waals surface area (Å²) in [6, 6.07) is 13.4. The summed E-state index contributed by atoms with van der Waals surface area (Å²) in [5.74, 6) is 0.760. The van der Waals surface area contributed by atoms with E-state index in [0.29, 0.717) is 32.9 Å². The Hall–Kier alpha value is -2.88. The Labute approximate surface area is 193 Å². The fraction of sp³-hybridized carbons (Fsp3) is 0.182. The van der Waals surface area contributed by atoms with Gasteiger partial charge >= 0.3 is 0 Å². The molecule has 1 N–H and O–H groups in total. The van der Waals surface area contributed by atoms with Crippen LogP contribution in [0.2, 0.25) is 5.02 Å². The molecule has 0 bridgehead atoms. The van der Waals surface area contributed by atoms with Gasteiger partial charge in [-0.15, -0.1) is 11.3 Å². The average molecular weight is 491 g/mol. The van der Waals surface area contributed by atoms with Gasteiger partial charge in [-0.2, -0.15) is 0 Å². The average Bonchev–Trinajstić information content (AvgIpc) is 3.40. The van der Waals surface area contributed by atoms with Crippen molar-refractivity contribution < 1.29 is 22.4 Å². The minimum absolute atomic E-state index is 0.0591. The van der Waals surface area contributed by atoms with Crippen molar-refractivity contribution in [3.63, 3.8) is 0 Å². The molecule has 0 saturated heterocycles. The van der Waals surface area contributed by atoms with E-state index < -0.39 is 9.84 Å². The van der Waals surface area contributed by atoms with E-state index in [1.807, 2.05) is 24.3 Å². The normalized spacial score (nSPS) is 11.6. The number of aromatic nitrogens is 1. The Bertz CT molecular complexity index is 1360. The molecule has 4 aromatic rings. The Morgan fingerprint density at radius 2 is 2.00 bits per heavy atom. The molecule has 2 heterocycles. The fourth-order valence-electron chi connectivity index (χ4n) is 3.13. The number of methoxy groups -OCH3 is 1. The summed E-state index contributed by atoms with van der Waals surface area (Å²) in [5.41, 5.74) is 1.22. The number of benzene rings is 2. The number of furan rings is 1. The molecule has 4 rings (SSSR count). The lowest BCUT2D eigenvalue weighted by atomic mass is 10.2. The molecule has 0 spiro atoms. The van der Waals surface area contributed by atoms with Crippen LogP contribution >= 0.6 is 22.9 Å². The molecule has 7 nitrogen and oxygen atoms in total. The van der Waals surface area contributed by atoms with Crippen LogP contribution in [0.15, 0.2) is 63.2 Å². The van der Waals surface area contributed by atoms with Crippen LogP contribution in [0.3, 0.4) is 0 Å². The van der Waals surface area contributed by atoms with Crippen LogP contribution in [0, 0.1) is 0 Å². The minimum Gasteiger partial charge on any atom is -0.493 e. The van der Waals surface area contributed by atoms with Crippen molar-refractivity contribution in [2.45, 2.75) is 17.7 Å². The molecule has 0 saturated carbocycles. The number of hydrogen-bond acceptors (Lipinski definition) is 7. The van der Waals surface area contributed by atoms with Crippen molar-refractivity contribution in [3.8, 4) is 17.2 Å². The van der Waals surface area contributed by atoms with Crippen molar-refractivity contribution >= 4 is 54.8 Å². The van der Waals surface area contributed by atoms with Gasteiger partial charge in [0, 0.05) is 22.2 Å². The van der Waals surface area contributed by atoms with Gasteiger partial charge in [0.2, 0.25) is 5.91 Å². The van der Waals surface area contributed by atoms with Crippen LogP contribution in [0.4, 0.5) is 5.13 Å². The summed E-state index contributed by atoms with van der Waals surface area (Å²) in [4.78, 5) is 16.8. The van der Waals surface area contributed by atoms with Gasteiger partial charge in [0.1, 0.15) is 5.69 Å². The second-order valence-electron chi connectivity index (χ2n) is 6.95. The van der Waals surface area contributed by atoms with Crippen LogP contribution < -0.4 is 10.1 Å². The number of sulfone groups is 1. The molecule has 0 aliphatic rings. The summed E-state index contributed by atoms with van der Waals surface area (Å²) in [6.07, 6.45) is 0.252. The second-order valence-corrected chi connectivity index (χ2v) is 10.4. The van der Waals surface area contributed by atoms with E-state index in [9.17, 15) is 13.2 Å². The zero-order valence-corrected chi connectivity index (χ0v) is 19.4. The number of nitrogens with zero attached hydrogens (tertiary/aromatic N) is 1. The highest BCUT2D eigenvalue weighted by molar-refractivity contribution is 7.91. The predicted molar refractivity (Wildman–Crippen MR) is 125 cm³/mol. The minimum atomic E-state index is -3.47. The van der Waals surface area contributed by atoms with Crippen molar-refractivity contribution in [1.29, 1.82) is 0 Å². The molecule has 2 aromatic heterocycles. The third kappa shape index (κ3) is 4.95. The largest absolute Gasteiger partial charge is 0.493 e. The lowest BCUT2D eigenvalue weighted by molar-refractivity contribution is -0.116. The van der Waals surface area contributed by atoms with E-state index in [4.69, 9.17) is 20.8 Å². The van der Waals surface area contributed by atoms with Gasteiger partial charge in [0.05, 0.1) is 17.8 Å². The standard InChI is InChI=1S/C22H19ClN2O5S2/c1-29-18-5-2-4-14-12-19(30-21(14)18)17-13-31-22(24-17)25-20(26)6-3-11-32(27,28)16-9-7-15(23)8-10-16/h2,4-5,7-10,12-13H,3,6,11H2,1H3,(H,24,25,26). The fourth-order valence-corrected chi connectivity index (χ4v) is 5.28. The summed E-state index contributed by atoms with van der Waals surface area (Å²) in [6.45, 7) is 0. The summed E-state index contributed by atoms with van der Waals surface area (Å²) >= 11 is 7.06. The topological polar surface area (TPSA) is 98.5 Å². The number of para-hydroxylation sites is 1. The molecule has 0 fully saturated rings. The Morgan fingerprint density at radius 1 is 1.22 bits per heavy atom. The zero-order valence-electron chi connectivity index (χ0n) is 17.0. The van der Waals surface area contributed by atoms with Crippen LogP contribution in [-0.4, -0.2) is 32.2 Å². The van der Waals surface area contributed by atoms with Gasteiger partial charge in [-0.1, -0.05) is 23.7 Å². The SMILES string of the molecule is COc1cccc2cc(-c3csc(NC(=O)CCCS(=O)(=O)c4ccc(Cl)cc4)n3)oc12. The quantitative estimate of drug-likeness (QED) is 0.354. The van der Waals surface area contributed by atoms with Crippen LogP contribution in [0.1, 0.15) is 12.8 Å². The second kappa shape index (κ2) is 9.32. The summed E-state index contributed by atoms with van der Waals surface area (Å²) in [5, 5.41) is 6.26. The van der Waals surface area contributed by atoms with E-state index in [1.54, 1.807) is 12.5 Å². The highest BCUT2D eigenvalue weighted by Gasteiger charge is 2.17. The first-order chi connectivity index (χ1) is 15.4. The van der Waals surface area contributed by atoms with Crippen molar-refractivity contribution in [2.75, 3.05) is 18.2 Å². The molecule has 32 heavy (non-hydrogen) atoms. The lowest BCUT2D eigenvalue weighted by Crippen LogP contribution is -2.14. The van der Waals surface area contributed by atoms with Gasteiger partial charge in [-0.3, -0.25) is 4.79 Å². The van der Waals surface area contributed by atoms with E-state index in [1.165, 1.54) is 35.6 Å². The molecule has 2 aromatic carbocycles. The highest BCUT2D eigenvalue weighted by atomic mass is 35.5. The first kappa shape index (κ1) is 22.3. The molecule has 0 radical (unpaired) electrons. The predicted octanol–water partition coefficient (Wildman–Crippen LogP) is 5.41. The van der Waals surface area contributed by atoms with Crippen molar-refractivity contribution in [2.24, 2.45) is 0 Å². The number of carbonyl (C=O) groups is 1. The van der Waals surface area contributed by atoms with E-state index in [-0.39, 0.29) is 29.4 Å². The smallest absolute Gasteiger partial charge is 0.226 e. The maximum absolute atomic E-state index is 12.4. The molecule has 0 aliphatic carbocycles. The molecule has 0 atom stereocenters. The number of fused-ring (bicyclic) bond motifs is 1. The molecule has 0 unspecified atom stereocenters. The van der Waals surface area contributed by atoms with E-state index >= 15 is 0 Å². The van der Waals surface area contributed by atoms with Gasteiger partial charge in [0.25, 0.3) is 0 Å². The van der Waals surface area contributed by atoms with Gasteiger partial charge in [-0.25, -0.2) is 13.4 Å². The summed E-state index contributed by atoms with van der Waals surface area (Å²) < 4.78 is 35.9. The maximum Gasteiger partial charge on any atom is 0.226 e. The zero-order chi connectivity index (χ0) is 22.7. The first-order valence-corrected chi connectivity index (χ1v) is 12.6. The monoisotopic (exact) mass is 490 g/mol. The van der Waals surface area contributed by atoms with Gasteiger partial charge < -0.3 is 14.5 Å². The van der Waals surface area contributed by atoms with Crippen molar-refractivity contribution in [1.82, 2.24) is 4.98 Å². The Morgan fingerprint density at radius 3 is 2.75 bits per heavy atom. The van der Waals surface area contributed by atoms with E-state index in [0.717, 1.165) is 5.39 Å². The van der Waals surface area contributed by atoms with Crippen molar-refractivity contribution in [3.05, 3.63) is 58.9 Å². The molecule has 166 valence electrons. The number of thiazole rings is 1. The third-order valence-electron chi connectivity index (χ3n) is 4.72. The van der Waals surface area contributed by atoms with E-state index in [2.05, 4.69) is 10.3 Å². The number of rotatable bonds is 8. The van der Waals surface area contributed by atoms with Gasteiger partial charge in [0.15, 0.2) is 32.1 Å². The molecule has 1 amide bonds. The number of nitrogens with one attached hydrogen (secondary N) is 1. The number of ether oxygens (including phenoxy) is 1. The Balaban J connectivity index is 1.35. The lowest BCUT2D eigenvalue weighted by Gasteiger charge is -2.05. The van der Waals surface area contributed by atoms with Crippen LogP contribution in [0.25, 0.3) is 22.4 Å². The highest BCUT2D eigenvalue weighted by Crippen LogP contribution is 2.34. The molecule has 0 aliphatic heterocycles. The van der Waals surface area contributed by atoms with Crippen LogP contribution in [0.5, 0.6) is 5.75 Å². The number of carbonyl (C=O) groups excluding carboxylic acids is 1. The van der Waals surface area contributed by atoms with Gasteiger partial charge in [-0.05, 0) is 42.8 Å². The first-order valence-electron chi connectivity index (χ1n) is 9.66. The number of amides is 1. The molecular weight excluding hydrogens is 472 g/mol. The molecular formula is C22H19ClN2O5S2. The number of hydrogen-bond donors (Lipinski definition) is 1. The number of halogens is 1. The van der Waals surface area contributed by atoms with Crippen LogP contribution in [-0.2, 0) is 14.6 Å². The maximum atomic E-state index is 12.4.